The van der Waals surface area contributed by atoms with Crippen molar-refractivity contribution >= 4 is 30.8 Å². The van der Waals surface area contributed by atoms with Gasteiger partial charge in [0.1, 0.15) is 0 Å². The molecular formula is C11H10ClN. The quantitative estimate of drug-likeness (QED) is 0.597. The van der Waals surface area contributed by atoms with Crippen LogP contribution in [0.15, 0.2) is 41.5 Å². The van der Waals surface area contributed by atoms with Gasteiger partial charge in [-0.25, -0.2) is 0 Å². The van der Waals surface area contributed by atoms with Gasteiger partial charge in [-0.05, 0) is 23.3 Å². The molecule has 0 saturated heterocycles. The molecular weight excluding hydrogens is 182 g/mol. The predicted molar refractivity (Wildman–Crippen MR) is 60.3 cm³/mol. The number of fused-ring (bicyclic) bond motifs is 1. The summed E-state index contributed by atoms with van der Waals surface area (Å²) < 4.78 is 0. The maximum absolute atomic E-state index is 4.04. The molecule has 0 unspecified atom stereocenters. The van der Waals surface area contributed by atoms with E-state index in [1.54, 1.807) is 6.21 Å². The molecule has 2 rings (SSSR count). The van der Waals surface area contributed by atoms with Gasteiger partial charge in [-0.15, -0.1) is 12.4 Å². The second-order valence-corrected chi connectivity index (χ2v) is 2.60. The van der Waals surface area contributed by atoms with Crippen molar-refractivity contribution in [2.45, 2.75) is 0 Å². The molecule has 1 aliphatic heterocycles. The van der Waals surface area contributed by atoms with Crippen LogP contribution < -0.4 is 0 Å². The Morgan fingerprint density at radius 2 is 1.62 bits per heavy atom. The van der Waals surface area contributed by atoms with E-state index in [0.717, 1.165) is 0 Å². The standard InChI is InChI=1S/C11H9N.ClH/c1-2-5-11-7-9-12-8-3-6-10(11)4-1;/h1-9H;1H. The average Bonchev–Trinajstić information content (AvgIpc) is 2.06. The highest BCUT2D eigenvalue weighted by Gasteiger charge is 1.93. The van der Waals surface area contributed by atoms with Crippen LogP contribution in [0.3, 0.4) is 0 Å². The van der Waals surface area contributed by atoms with Crippen molar-refractivity contribution in [1.82, 2.24) is 0 Å². The molecule has 1 aromatic rings. The highest BCUT2D eigenvalue weighted by Crippen LogP contribution is 2.13. The molecule has 1 aliphatic rings. The summed E-state index contributed by atoms with van der Waals surface area (Å²) in [5, 5.41) is 0. The first-order valence-electron chi connectivity index (χ1n) is 3.92. The molecule has 0 N–H and O–H groups in total. The number of allylic oxidation sites excluding steroid dienone is 1. The van der Waals surface area contributed by atoms with E-state index >= 15 is 0 Å². The summed E-state index contributed by atoms with van der Waals surface area (Å²) in [7, 11) is 0. The van der Waals surface area contributed by atoms with Crippen LogP contribution in [0.4, 0.5) is 0 Å². The fourth-order valence-electron chi connectivity index (χ4n) is 1.18. The van der Waals surface area contributed by atoms with Crippen LogP contribution >= 0.6 is 12.4 Å². The molecule has 1 nitrogen and oxygen atoms in total. The second-order valence-electron chi connectivity index (χ2n) is 2.60. The van der Waals surface area contributed by atoms with E-state index in [1.807, 2.05) is 30.5 Å². The maximum Gasteiger partial charge on any atom is 0.0273 e. The average molecular weight is 192 g/mol. The minimum atomic E-state index is 0. The van der Waals surface area contributed by atoms with E-state index in [2.05, 4.69) is 23.2 Å². The minimum absolute atomic E-state index is 0. The second kappa shape index (κ2) is 4.63. The molecule has 0 aromatic heterocycles. The third-order valence-corrected chi connectivity index (χ3v) is 1.78. The number of benzene rings is 1. The number of halogens is 1. The van der Waals surface area contributed by atoms with Gasteiger partial charge in [-0.3, -0.25) is 4.99 Å². The number of nitrogens with zero attached hydrogens (tertiary/aromatic N) is 1. The lowest BCUT2D eigenvalue weighted by Crippen LogP contribution is -1.80. The highest BCUT2D eigenvalue weighted by molar-refractivity contribution is 5.85. The van der Waals surface area contributed by atoms with Gasteiger partial charge in [0.05, 0.1) is 0 Å². The van der Waals surface area contributed by atoms with Gasteiger partial charge in [-0.1, -0.05) is 30.3 Å². The Bertz CT molecular complexity index is 329. The Labute approximate surface area is 83.9 Å². The molecule has 0 aliphatic carbocycles. The predicted octanol–water partition coefficient (Wildman–Crippen LogP) is 3.18. The first-order valence-corrected chi connectivity index (χ1v) is 3.92. The lowest BCUT2D eigenvalue weighted by Gasteiger charge is -1.99. The van der Waals surface area contributed by atoms with E-state index in [9.17, 15) is 0 Å². The van der Waals surface area contributed by atoms with Crippen molar-refractivity contribution in [3.05, 3.63) is 47.7 Å². The maximum atomic E-state index is 4.04. The van der Waals surface area contributed by atoms with Crippen LogP contribution in [0, 0.1) is 0 Å². The highest BCUT2D eigenvalue weighted by atomic mass is 35.5. The minimum Gasteiger partial charge on any atom is -0.265 e. The first kappa shape index (κ1) is 9.75. The van der Waals surface area contributed by atoms with Crippen LogP contribution in [0.1, 0.15) is 11.1 Å². The molecule has 2 heteroatoms. The van der Waals surface area contributed by atoms with Crippen molar-refractivity contribution in [2.24, 2.45) is 4.99 Å². The van der Waals surface area contributed by atoms with Gasteiger partial charge < -0.3 is 0 Å². The van der Waals surface area contributed by atoms with Crippen molar-refractivity contribution in [2.75, 3.05) is 0 Å². The molecule has 0 amide bonds. The smallest absolute Gasteiger partial charge is 0.0273 e. The Balaban J connectivity index is 0.000000845. The largest absolute Gasteiger partial charge is 0.265 e. The van der Waals surface area contributed by atoms with Crippen molar-refractivity contribution in [3.8, 4) is 0 Å². The Kier molecular flexibility index (Phi) is 3.47. The number of rotatable bonds is 0. The summed E-state index contributed by atoms with van der Waals surface area (Å²) in [6, 6.07) is 8.24. The first-order chi connectivity index (χ1) is 5.97. The topological polar surface area (TPSA) is 12.4 Å². The Morgan fingerprint density at radius 3 is 2.38 bits per heavy atom. The Hall–Kier alpha value is -1.34. The monoisotopic (exact) mass is 191 g/mol. The summed E-state index contributed by atoms with van der Waals surface area (Å²) in [4.78, 5) is 4.04. The summed E-state index contributed by atoms with van der Waals surface area (Å²) in [6.45, 7) is 0. The van der Waals surface area contributed by atoms with E-state index in [4.69, 9.17) is 0 Å². The Morgan fingerprint density at radius 1 is 0.923 bits per heavy atom. The molecule has 13 heavy (non-hydrogen) atoms. The number of hydrogen-bond acceptors (Lipinski definition) is 1. The van der Waals surface area contributed by atoms with Crippen LogP contribution in [0.2, 0.25) is 0 Å². The van der Waals surface area contributed by atoms with Crippen molar-refractivity contribution < 1.29 is 0 Å². The van der Waals surface area contributed by atoms with E-state index < -0.39 is 0 Å². The molecule has 0 atom stereocenters. The summed E-state index contributed by atoms with van der Waals surface area (Å²) >= 11 is 0. The molecule has 66 valence electrons. The third kappa shape index (κ3) is 2.30. The number of hydrogen-bond donors (Lipinski definition) is 0. The number of aliphatic imine (C=N–C) groups is 1. The van der Waals surface area contributed by atoms with Gasteiger partial charge in [0.25, 0.3) is 0 Å². The molecule has 0 spiro atoms. The molecule has 0 saturated carbocycles. The third-order valence-electron chi connectivity index (χ3n) is 1.78. The van der Waals surface area contributed by atoms with Crippen LogP contribution in [0.25, 0.3) is 12.2 Å². The lowest BCUT2D eigenvalue weighted by atomic mass is 10.1. The van der Waals surface area contributed by atoms with Crippen LogP contribution in [-0.4, -0.2) is 6.21 Å². The van der Waals surface area contributed by atoms with Gasteiger partial charge >= 0.3 is 0 Å². The zero-order valence-corrected chi connectivity index (χ0v) is 7.87. The fourth-order valence-corrected chi connectivity index (χ4v) is 1.18. The van der Waals surface area contributed by atoms with E-state index in [1.165, 1.54) is 11.1 Å². The lowest BCUT2D eigenvalue weighted by molar-refractivity contribution is 1.56. The van der Waals surface area contributed by atoms with Crippen LogP contribution in [0.5, 0.6) is 0 Å². The molecule has 0 bridgehead atoms. The van der Waals surface area contributed by atoms with Gasteiger partial charge in [0.15, 0.2) is 0 Å². The molecule has 1 aromatic carbocycles. The SMILES string of the molecule is C1=Cc2ccccc2C=CN=C1.Cl. The van der Waals surface area contributed by atoms with Crippen molar-refractivity contribution in [3.63, 3.8) is 0 Å². The summed E-state index contributed by atoms with van der Waals surface area (Å²) in [5.74, 6) is 0. The fraction of sp³-hybridized carbons (Fsp3) is 0. The molecule has 1 heterocycles. The summed E-state index contributed by atoms with van der Waals surface area (Å²) in [5.41, 5.74) is 2.45. The van der Waals surface area contributed by atoms with E-state index in [0.29, 0.717) is 0 Å². The van der Waals surface area contributed by atoms with E-state index in [-0.39, 0.29) is 12.4 Å². The van der Waals surface area contributed by atoms with Crippen LogP contribution in [-0.2, 0) is 0 Å². The molecule has 0 radical (unpaired) electrons. The summed E-state index contributed by atoms with van der Waals surface area (Å²) in [6.07, 6.45) is 9.61. The zero-order chi connectivity index (χ0) is 8.23. The van der Waals surface area contributed by atoms with Gasteiger partial charge in [0.2, 0.25) is 0 Å². The van der Waals surface area contributed by atoms with Crippen molar-refractivity contribution in [1.29, 1.82) is 0 Å². The van der Waals surface area contributed by atoms with Gasteiger partial charge in [0, 0.05) is 12.4 Å². The normalized spacial score (nSPS) is 12.6. The van der Waals surface area contributed by atoms with Gasteiger partial charge in [-0.2, -0.15) is 0 Å². The zero-order valence-electron chi connectivity index (χ0n) is 7.05. The molecule has 0 fully saturated rings.